The number of aryl methyl sites for hydroxylation is 1. The van der Waals surface area contributed by atoms with Gasteiger partial charge < -0.3 is 21.3 Å². The minimum atomic E-state index is -0.678. The van der Waals surface area contributed by atoms with E-state index >= 15 is 0 Å². The third-order valence-electron chi connectivity index (χ3n) is 2.50. The first-order valence-electron chi connectivity index (χ1n) is 5.47. The smallest absolute Gasteiger partial charge is 0.122 e. The van der Waals surface area contributed by atoms with Gasteiger partial charge in [0.2, 0.25) is 0 Å². The van der Waals surface area contributed by atoms with Gasteiger partial charge in [0, 0.05) is 6.04 Å². The van der Waals surface area contributed by atoms with Gasteiger partial charge in [0.1, 0.15) is 18.5 Å². The molecule has 0 saturated heterocycles. The molecule has 2 atom stereocenters. The topological polar surface area (TPSA) is 81.5 Å². The van der Waals surface area contributed by atoms with Crippen molar-refractivity contribution in [1.29, 1.82) is 0 Å². The Labute approximate surface area is 96.2 Å². The van der Waals surface area contributed by atoms with Crippen LogP contribution in [0.1, 0.15) is 12.0 Å². The van der Waals surface area contributed by atoms with E-state index in [9.17, 15) is 5.11 Å². The molecule has 5 N–H and O–H groups in total. The highest BCUT2D eigenvalue weighted by Crippen LogP contribution is 2.16. The highest BCUT2D eigenvalue weighted by atomic mass is 16.5. The molecule has 90 valence electrons. The highest BCUT2D eigenvalue weighted by Gasteiger charge is 2.14. The van der Waals surface area contributed by atoms with Gasteiger partial charge in [-0.3, -0.25) is 0 Å². The van der Waals surface area contributed by atoms with Crippen LogP contribution in [0.4, 0.5) is 0 Å². The number of benzene rings is 1. The minimum absolute atomic E-state index is 0.200. The number of nitrogens with two attached hydrogens (primary N) is 2. The minimum Gasteiger partial charge on any atom is -0.491 e. The summed E-state index contributed by atoms with van der Waals surface area (Å²) in [6.45, 7) is 2.64. The summed E-state index contributed by atoms with van der Waals surface area (Å²) in [7, 11) is 0. The number of ether oxygens (including phenoxy) is 1. The SMILES string of the molecule is Cc1ccccc1OCC(O)C(N)CCN. The zero-order valence-electron chi connectivity index (χ0n) is 9.60. The summed E-state index contributed by atoms with van der Waals surface area (Å²) in [5.74, 6) is 0.779. The van der Waals surface area contributed by atoms with E-state index < -0.39 is 6.10 Å². The van der Waals surface area contributed by atoms with Crippen LogP contribution in [-0.2, 0) is 0 Å². The molecule has 1 aromatic rings. The van der Waals surface area contributed by atoms with E-state index in [0.29, 0.717) is 13.0 Å². The Morgan fingerprint density at radius 1 is 1.38 bits per heavy atom. The maximum atomic E-state index is 9.70. The van der Waals surface area contributed by atoms with Gasteiger partial charge in [0.05, 0.1) is 0 Å². The summed E-state index contributed by atoms with van der Waals surface area (Å²) in [6.07, 6.45) is -0.0821. The van der Waals surface area contributed by atoms with Gasteiger partial charge >= 0.3 is 0 Å². The molecule has 2 unspecified atom stereocenters. The molecule has 0 radical (unpaired) electrons. The van der Waals surface area contributed by atoms with Crippen LogP contribution in [0.5, 0.6) is 5.75 Å². The van der Waals surface area contributed by atoms with E-state index in [2.05, 4.69) is 0 Å². The maximum Gasteiger partial charge on any atom is 0.122 e. The third kappa shape index (κ3) is 3.81. The molecule has 4 nitrogen and oxygen atoms in total. The summed E-state index contributed by atoms with van der Waals surface area (Å²) in [5, 5.41) is 9.70. The lowest BCUT2D eigenvalue weighted by molar-refractivity contribution is 0.0830. The standard InChI is InChI=1S/C12H20N2O2/c1-9-4-2-3-5-12(9)16-8-11(15)10(14)6-7-13/h2-5,10-11,15H,6-8,13-14H2,1H3. The second-order valence-electron chi connectivity index (χ2n) is 3.89. The zero-order valence-corrected chi connectivity index (χ0v) is 9.60. The lowest BCUT2D eigenvalue weighted by Crippen LogP contribution is -2.40. The van der Waals surface area contributed by atoms with E-state index in [-0.39, 0.29) is 12.6 Å². The van der Waals surface area contributed by atoms with Gasteiger partial charge in [-0.25, -0.2) is 0 Å². The molecule has 0 aliphatic heterocycles. The monoisotopic (exact) mass is 224 g/mol. The van der Waals surface area contributed by atoms with E-state index in [4.69, 9.17) is 16.2 Å². The molecule has 1 rings (SSSR count). The van der Waals surface area contributed by atoms with E-state index in [0.717, 1.165) is 11.3 Å². The number of hydrogen-bond acceptors (Lipinski definition) is 4. The molecular formula is C12H20N2O2. The van der Waals surface area contributed by atoms with Gasteiger partial charge in [0.15, 0.2) is 0 Å². The molecule has 0 fully saturated rings. The third-order valence-corrected chi connectivity index (χ3v) is 2.50. The van der Waals surface area contributed by atoms with Crippen LogP contribution in [0.25, 0.3) is 0 Å². The normalized spacial score (nSPS) is 14.5. The largest absolute Gasteiger partial charge is 0.491 e. The molecule has 0 aliphatic carbocycles. The Balaban J connectivity index is 2.42. The van der Waals surface area contributed by atoms with Gasteiger partial charge in [-0.2, -0.15) is 0 Å². The Kier molecular flexibility index (Phi) is 5.25. The molecule has 0 amide bonds. The first kappa shape index (κ1) is 13.0. The number of rotatable bonds is 6. The van der Waals surface area contributed by atoms with Crippen molar-refractivity contribution in [2.24, 2.45) is 11.5 Å². The quantitative estimate of drug-likeness (QED) is 0.653. The lowest BCUT2D eigenvalue weighted by Gasteiger charge is -2.19. The molecule has 0 bridgehead atoms. The Morgan fingerprint density at radius 3 is 2.69 bits per heavy atom. The van der Waals surface area contributed by atoms with Crippen LogP contribution in [0.3, 0.4) is 0 Å². The summed E-state index contributed by atoms with van der Waals surface area (Å²) in [5.41, 5.74) is 12.1. The van der Waals surface area contributed by atoms with Crippen molar-refractivity contribution in [1.82, 2.24) is 0 Å². The second kappa shape index (κ2) is 6.48. The van der Waals surface area contributed by atoms with Gasteiger partial charge in [-0.05, 0) is 31.5 Å². The number of aliphatic hydroxyl groups is 1. The average Bonchev–Trinajstić information content (AvgIpc) is 2.28. The predicted molar refractivity (Wildman–Crippen MR) is 64.3 cm³/mol. The summed E-state index contributed by atoms with van der Waals surface area (Å²) < 4.78 is 5.50. The Hall–Kier alpha value is -1.10. The van der Waals surface area contributed by atoms with Crippen molar-refractivity contribution in [3.8, 4) is 5.75 Å². The van der Waals surface area contributed by atoms with Crippen LogP contribution in [0.15, 0.2) is 24.3 Å². The maximum absolute atomic E-state index is 9.70. The first-order chi connectivity index (χ1) is 7.65. The van der Waals surface area contributed by atoms with Crippen LogP contribution >= 0.6 is 0 Å². The van der Waals surface area contributed by atoms with Crippen LogP contribution < -0.4 is 16.2 Å². The van der Waals surface area contributed by atoms with Crippen LogP contribution in [-0.4, -0.2) is 30.4 Å². The summed E-state index contributed by atoms with van der Waals surface area (Å²) in [6, 6.07) is 7.35. The van der Waals surface area contributed by atoms with Gasteiger partial charge in [-0.1, -0.05) is 18.2 Å². The van der Waals surface area contributed by atoms with E-state index in [1.54, 1.807) is 0 Å². The fourth-order valence-electron chi connectivity index (χ4n) is 1.40. The molecule has 4 heteroatoms. The van der Waals surface area contributed by atoms with E-state index in [1.807, 2.05) is 31.2 Å². The van der Waals surface area contributed by atoms with Crippen molar-refractivity contribution in [3.05, 3.63) is 29.8 Å². The number of para-hydroxylation sites is 1. The number of aliphatic hydroxyl groups excluding tert-OH is 1. The van der Waals surface area contributed by atoms with E-state index in [1.165, 1.54) is 0 Å². The lowest BCUT2D eigenvalue weighted by atomic mass is 10.1. The van der Waals surface area contributed by atoms with Crippen LogP contribution in [0, 0.1) is 6.92 Å². The van der Waals surface area contributed by atoms with Crippen molar-refractivity contribution in [3.63, 3.8) is 0 Å². The summed E-state index contributed by atoms with van der Waals surface area (Å²) >= 11 is 0. The van der Waals surface area contributed by atoms with Gasteiger partial charge in [0.25, 0.3) is 0 Å². The van der Waals surface area contributed by atoms with Crippen molar-refractivity contribution < 1.29 is 9.84 Å². The molecular weight excluding hydrogens is 204 g/mol. The molecule has 0 saturated carbocycles. The zero-order chi connectivity index (χ0) is 12.0. The highest BCUT2D eigenvalue weighted by molar-refractivity contribution is 5.31. The first-order valence-corrected chi connectivity index (χ1v) is 5.47. The van der Waals surface area contributed by atoms with Crippen molar-refractivity contribution in [2.45, 2.75) is 25.5 Å². The molecule has 0 aromatic heterocycles. The molecule has 0 aliphatic rings. The van der Waals surface area contributed by atoms with Gasteiger partial charge in [-0.15, -0.1) is 0 Å². The second-order valence-corrected chi connectivity index (χ2v) is 3.89. The Morgan fingerprint density at radius 2 is 2.06 bits per heavy atom. The fourth-order valence-corrected chi connectivity index (χ4v) is 1.40. The molecule has 1 aromatic carbocycles. The Bertz CT molecular complexity index is 318. The fraction of sp³-hybridized carbons (Fsp3) is 0.500. The molecule has 0 spiro atoms. The van der Waals surface area contributed by atoms with Crippen LogP contribution in [0.2, 0.25) is 0 Å². The molecule has 0 heterocycles. The molecule has 16 heavy (non-hydrogen) atoms. The van der Waals surface area contributed by atoms with Crippen molar-refractivity contribution in [2.75, 3.05) is 13.2 Å². The number of hydrogen-bond donors (Lipinski definition) is 3. The predicted octanol–water partition coefficient (Wildman–Crippen LogP) is 0.411. The van der Waals surface area contributed by atoms with Crippen molar-refractivity contribution >= 4 is 0 Å². The average molecular weight is 224 g/mol. The summed E-state index contributed by atoms with van der Waals surface area (Å²) in [4.78, 5) is 0.